The van der Waals surface area contributed by atoms with Gasteiger partial charge in [-0.05, 0) is 23.3 Å². The second-order valence-electron chi connectivity index (χ2n) is 9.34. The van der Waals surface area contributed by atoms with Crippen molar-refractivity contribution in [1.29, 1.82) is 0 Å². The molecule has 7 nitrogen and oxygen atoms in total. The quantitative estimate of drug-likeness (QED) is 0.311. The van der Waals surface area contributed by atoms with E-state index in [0.717, 1.165) is 81.4 Å². The lowest BCUT2D eigenvalue weighted by molar-refractivity contribution is 0.0349. The number of carbonyl (C=O) groups excluding carboxylic acids is 1. The summed E-state index contributed by atoms with van der Waals surface area (Å²) in [4.78, 5) is 23.2. The first kappa shape index (κ1) is 24.7. The number of nitrogens with zero attached hydrogens (tertiary/aromatic N) is 4. The highest BCUT2D eigenvalue weighted by Crippen LogP contribution is 2.27. The molecule has 1 fully saturated rings. The molecule has 190 valence electrons. The number of imidazole rings is 1. The molecular weight excluding hydrogens is 470 g/mol. The number of hydrogen-bond acceptors (Lipinski definition) is 5. The van der Waals surface area contributed by atoms with E-state index in [0.29, 0.717) is 6.54 Å². The van der Waals surface area contributed by atoms with E-state index >= 15 is 0 Å². The third kappa shape index (κ3) is 5.88. The lowest BCUT2D eigenvalue weighted by atomic mass is 10.1. The summed E-state index contributed by atoms with van der Waals surface area (Å²) in [5.41, 5.74) is 3.29. The minimum Gasteiger partial charge on any atom is -0.379 e. The zero-order valence-corrected chi connectivity index (χ0v) is 21.8. The summed E-state index contributed by atoms with van der Waals surface area (Å²) in [5, 5.41) is 7.73. The van der Waals surface area contributed by atoms with Gasteiger partial charge in [0.25, 0.3) is 0 Å². The van der Waals surface area contributed by atoms with Gasteiger partial charge in [0.1, 0.15) is 0 Å². The number of aromatic nitrogens is 2. The fourth-order valence-electron chi connectivity index (χ4n) is 4.63. The smallest absolute Gasteiger partial charge is 0.317 e. The molecule has 8 heteroatoms. The van der Waals surface area contributed by atoms with Crippen LogP contribution < -0.4 is 5.32 Å². The largest absolute Gasteiger partial charge is 0.379 e. The van der Waals surface area contributed by atoms with Gasteiger partial charge in [-0.2, -0.15) is 0 Å². The number of fused-ring (bicyclic) bond motifs is 2. The van der Waals surface area contributed by atoms with Gasteiger partial charge < -0.3 is 15.0 Å². The first-order chi connectivity index (χ1) is 17.7. The van der Waals surface area contributed by atoms with E-state index < -0.39 is 0 Å². The molecule has 0 saturated carbocycles. The van der Waals surface area contributed by atoms with Gasteiger partial charge in [0, 0.05) is 68.5 Å². The molecule has 36 heavy (non-hydrogen) atoms. The summed E-state index contributed by atoms with van der Waals surface area (Å²) in [6.07, 6.45) is 4.99. The Bertz CT molecular complexity index is 1290. The number of amides is 2. The van der Waals surface area contributed by atoms with Crippen molar-refractivity contribution < 1.29 is 9.53 Å². The van der Waals surface area contributed by atoms with Crippen LogP contribution in [0.15, 0.2) is 54.0 Å². The number of rotatable bonds is 10. The fourth-order valence-corrected chi connectivity index (χ4v) is 5.54. The van der Waals surface area contributed by atoms with Crippen molar-refractivity contribution in [3.63, 3.8) is 0 Å². The summed E-state index contributed by atoms with van der Waals surface area (Å²) >= 11 is 1.66. The highest BCUT2D eigenvalue weighted by molar-refractivity contribution is 7.15. The molecule has 1 aliphatic heterocycles. The molecule has 0 unspecified atom stereocenters. The minimum absolute atomic E-state index is 0.0330. The summed E-state index contributed by atoms with van der Waals surface area (Å²) in [5.74, 6) is 0. The number of morpholine rings is 1. The zero-order chi connectivity index (χ0) is 24.7. The maximum absolute atomic E-state index is 13.0. The van der Waals surface area contributed by atoms with Gasteiger partial charge in [0.2, 0.25) is 0 Å². The van der Waals surface area contributed by atoms with Crippen LogP contribution in [-0.2, 0) is 11.2 Å². The topological polar surface area (TPSA) is 62.1 Å². The molecule has 2 aromatic carbocycles. The van der Waals surface area contributed by atoms with Crippen molar-refractivity contribution in [3.8, 4) is 11.3 Å². The van der Waals surface area contributed by atoms with Crippen LogP contribution in [0.4, 0.5) is 4.79 Å². The number of benzene rings is 2. The average Bonchev–Trinajstić information content (AvgIpc) is 3.51. The normalized spacial score (nSPS) is 14.5. The number of hydrogen-bond donors (Lipinski definition) is 1. The van der Waals surface area contributed by atoms with Gasteiger partial charge in [-0.3, -0.25) is 9.30 Å². The molecule has 1 aliphatic rings. The van der Waals surface area contributed by atoms with E-state index in [1.54, 1.807) is 11.3 Å². The monoisotopic (exact) mass is 505 g/mol. The summed E-state index contributed by atoms with van der Waals surface area (Å²) in [6.45, 7) is 8.55. The van der Waals surface area contributed by atoms with Crippen LogP contribution >= 0.6 is 11.3 Å². The Balaban J connectivity index is 1.28. The van der Waals surface area contributed by atoms with E-state index in [4.69, 9.17) is 9.72 Å². The highest BCUT2D eigenvalue weighted by atomic mass is 32.1. The number of thiazole rings is 1. The number of carbonyl (C=O) groups is 1. The van der Waals surface area contributed by atoms with Crippen molar-refractivity contribution in [1.82, 2.24) is 24.5 Å². The zero-order valence-electron chi connectivity index (χ0n) is 21.0. The fraction of sp³-hybridized carbons (Fsp3) is 0.429. The standard InChI is InChI=1S/C28H35N5O2S/c1-2-3-11-29-27(34)32(14-13-31-15-17-35-18-16-31)12-10-25-21-36-28-30-26(20-33(25)28)24-9-8-22-6-4-5-7-23(22)19-24/h4-9,19-21H,2-3,10-18H2,1H3,(H,29,34). The van der Waals surface area contributed by atoms with Crippen molar-refractivity contribution in [3.05, 3.63) is 59.7 Å². The van der Waals surface area contributed by atoms with Gasteiger partial charge in [-0.25, -0.2) is 9.78 Å². The third-order valence-corrected chi connectivity index (χ3v) is 7.74. The molecule has 1 saturated heterocycles. The van der Waals surface area contributed by atoms with Crippen LogP contribution in [0.5, 0.6) is 0 Å². The molecule has 2 aromatic heterocycles. The first-order valence-electron chi connectivity index (χ1n) is 13.0. The SMILES string of the molecule is CCCCNC(=O)N(CCc1csc2nc(-c3ccc4ccccc4c3)cn12)CCN1CCOCC1. The van der Waals surface area contributed by atoms with Crippen LogP contribution in [0.25, 0.3) is 27.0 Å². The second-order valence-corrected chi connectivity index (χ2v) is 10.2. The number of ether oxygens (including phenoxy) is 1. The van der Waals surface area contributed by atoms with E-state index in [2.05, 4.69) is 75.6 Å². The Morgan fingerprint density at radius 3 is 2.81 bits per heavy atom. The van der Waals surface area contributed by atoms with Crippen LogP contribution in [0.3, 0.4) is 0 Å². The van der Waals surface area contributed by atoms with E-state index in [9.17, 15) is 4.79 Å². The highest BCUT2D eigenvalue weighted by Gasteiger charge is 2.18. The van der Waals surface area contributed by atoms with Crippen LogP contribution in [0.1, 0.15) is 25.5 Å². The van der Waals surface area contributed by atoms with E-state index in [1.165, 1.54) is 16.5 Å². The summed E-state index contributed by atoms with van der Waals surface area (Å²) < 4.78 is 7.65. The van der Waals surface area contributed by atoms with Crippen molar-refractivity contribution in [2.24, 2.45) is 0 Å². The van der Waals surface area contributed by atoms with Gasteiger partial charge in [0.15, 0.2) is 4.96 Å². The van der Waals surface area contributed by atoms with Crippen molar-refractivity contribution >= 4 is 33.1 Å². The van der Waals surface area contributed by atoms with Gasteiger partial charge in [-0.1, -0.05) is 49.7 Å². The first-order valence-corrected chi connectivity index (χ1v) is 13.9. The predicted molar refractivity (Wildman–Crippen MR) is 147 cm³/mol. The molecule has 0 aliphatic carbocycles. The van der Waals surface area contributed by atoms with Gasteiger partial charge >= 0.3 is 6.03 Å². The molecule has 1 N–H and O–H groups in total. The molecule has 2 amide bonds. The van der Waals surface area contributed by atoms with Gasteiger partial charge in [-0.15, -0.1) is 11.3 Å². The maximum Gasteiger partial charge on any atom is 0.317 e. The molecular formula is C28H35N5O2S. The molecule has 0 spiro atoms. The van der Waals surface area contributed by atoms with E-state index in [1.807, 2.05) is 4.90 Å². The van der Waals surface area contributed by atoms with E-state index in [-0.39, 0.29) is 6.03 Å². The predicted octanol–water partition coefficient (Wildman–Crippen LogP) is 4.90. The van der Waals surface area contributed by atoms with Gasteiger partial charge in [0.05, 0.1) is 18.9 Å². The van der Waals surface area contributed by atoms with Crippen LogP contribution in [0, 0.1) is 0 Å². The maximum atomic E-state index is 13.0. The average molecular weight is 506 g/mol. The Hall–Kier alpha value is -2.94. The Morgan fingerprint density at radius 1 is 1.14 bits per heavy atom. The lowest BCUT2D eigenvalue weighted by Crippen LogP contribution is -2.47. The Kier molecular flexibility index (Phi) is 8.15. The number of urea groups is 1. The number of unbranched alkanes of at least 4 members (excludes halogenated alkanes) is 1. The Labute approximate surface area is 216 Å². The van der Waals surface area contributed by atoms with Crippen LogP contribution in [-0.4, -0.2) is 77.7 Å². The molecule has 0 bridgehead atoms. The Morgan fingerprint density at radius 2 is 1.97 bits per heavy atom. The third-order valence-electron chi connectivity index (χ3n) is 6.85. The summed E-state index contributed by atoms with van der Waals surface area (Å²) in [7, 11) is 0. The molecule has 0 atom stereocenters. The second kappa shape index (κ2) is 11.9. The molecule has 3 heterocycles. The number of nitrogens with one attached hydrogen (secondary N) is 1. The van der Waals surface area contributed by atoms with Crippen molar-refractivity contribution in [2.45, 2.75) is 26.2 Å². The molecule has 0 radical (unpaired) electrons. The van der Waals surface area contributed by atoms with Crippen molar-refractivity contribution in [2.75, 3.05) is 52.5 Å². The molecule has 4 aromatic rings. The lowest BCUT2D eigenvalue weighted by Gasteiger charge is -2.30. The molecule has 5 rings (SSSR count). The van der Waals surface area contributed by atoms with Crippen LogP contribution in [0.2, 0.25) is 0 Å². The summed E-state index contributed by atoms with van der Waals surface area (Å²) in [6, 6.07) is 14.9. The minimum atomic E-state index is 0.0330.